The summed E-state index contributed by atoms with van der Waals surface area (Å²) in [6.07, 6.45) is 1.27. The average molecular weight is 211 g/mol. The quantitative estimate of drug-likeness (QED) is 0.450. The molecule has 0 aliphatic heterocycles. The molecule has 0 heterocycles. The van der Waals surface area contributed by atoms with Crippen molar-refractivity contribution in [3.05, 3.63) is 0 Å². The van der Waals surface area contributed by atoms with Crippen LogP contribution in [0.25, 0.3) is 0 Å². The third kappa shape index (κ3) is 8.69. The maximum Gasteiger partial charge on any atom is 0.0602 e. The molecule has 3 heteroatoms. The molecule has 0 aliphatic carbocycles. The summed E-state index contributed by atoms with van der Waals surface area (Å²) >= 11 is 7.42. The van der Waals surface area contributed by atoms with Crippen LogP contribution in [-0.4, -0.2) is 30.6 Å². The van der Waals surface area contributed by atoms with Crippen molar-refractivity contribution in [1.29, 1.82) is 0 Å². The first-order valence-electron chi connectivity index (χ1n) is 4.52. The summed E-state index contributed by atoms with van der Waals surface area (Å²) in [7, 11) is 0. The molecule has 0 amide bonds. The van der Waals surface area contributed by atoms with Gasteiger partial charge in [0, 0.05) is 11.6 Å². The normalized spacial score (nSPS) is 13.2. The number of hydrogen-bond donors (Lipinski definition) is 0. The van der Waals surface area contributed by atoms with Crippen molar-refractivity contribution in [2.75, 3.05) is 30.6 Å². The number of alkyl halides is 1. The molecule has 0 radical (unpaired) electrons. The van der Waals surface area contributed by atoms with E-state index < -0.39 is 0 Å². The molecule has 0 rings (SSSR count). The van der Waals surface area contributed by atoms with Crippen LogP contribution in [0.1, 0.15) is 20.3 Å². The van der Waals surface area contributed by atoms with Crippen LogP contribution in [0.2, 0.25) is 0 Å². The number of thioether (sulfide) groups is 1. The SMILES string of the molecule is CCC(C)CSCCOCCCl. The molecule has 0 aliphatic rings. The summed E-state index contributed by atoms with van der Waals surface area (Å²) in [5, 5.41) is 0. The molecule has 1 nitrogen and oxygen atoms in total. The van der Waals surface area contributed by atoms with Crippen LogP contribution < -0.4 is 0 Å². The van der Waals surface area contributed by atoms with E-state index in [0.717, 1.165) is 18.3 Å². The zero-order chi connectivity index (χ0) is 9.23. The van der Waals surface area contributed by atoms with Gasteiger partial charge >= 0.3 is 0 Å². The highest BCUT2D eigenvalue weighted by atomic mass is 35.5. The van der Waals surface area contributed by atoms with Gasteiger partial charge in [0.05, 0.1) is 13.2 Å². The van der Waals surface area contributed by atoms with Crippen LogP contribution in [0, 0.1) is 5.92 Å². The number of hydrogen-bond acceptors (Lipinski definition) is 2. The molecule has 0 aromatic rings. The minimum Gasteiger partial charge on any atom is -0.379 e. The van der Waals surface area contributed by atoms with Crippen molar-refractivity contribution in [2.45, 2.75) is 20.3 Å². The minimum atomic E-state index is 0.607. The molecule has 1 atom stereocenters. The second-order valence-electron chi connectivity index (χ2n) is 2.89. The van der Waals surface area contributed by atoms with E-state index >= 15 is 0 Å². The summed E-state index contributed by atoms with van der Waals surface area (Å²) in [4.78, 5) is 0. The Balaban J connectivity index is 2.90. The van der Waals surface area contributed by atoms with E-state index in [-0.39, 0.29) is 0 Å². The van der Waals surface area contributed by atoms with E-state index in [1.807, 2.05) is 11.8 Å². The van der Waals surface area contributed by atoms with Gasteiger partial charge in [-0.15, -0.1) is 11.6 Å². The molecule has 0 N–H and O–H groups in total. The lowest BCUT2D eigenvalue weighted by Crippen LogP contribution is -2.02. The Morgan fingerprint density at radius 1 is 1.42 bits per heavy atom. The van der Waals surface area contributed by atoms with Crippen molar-refractivity contribution in [3.8, 4) is 0 Å². The lowest BCUT2D eigenvalue weighted by Gasteiger charge is -2.07. The molecule has 0 aromatic heterocycles. The minimum absolute atomic E-state index is 0.607. The average Bonchev–Trinajstić information content (AvgIpc) is 2.10. The van der Waals surface area contributed by atoms with Gasteiger partial charge in [0.1, 0.15) is 0 Å². The Kier molecular flexibility index (Phi) is 10.2. The van der Waals surface area contributed by atoms with Crippen molar-refractivity contribution in [1.82, 2.24) is 0 Å². The number of halogens is 1. The Bertz CT molecular complexity index is 90.6. The molecule has 0 bridgehead atoms. The molecular formula is C9H19ClOS. The Hall–Kier alpha value is 0.600. The van der Waals surface area contributed by atoms with E-state index in [0.29, 0.717) is 12.5 Å². The molecular weight excluding hydrogens is 192 g/mol. The van der Waals surface area contributed by atoms with Gasteiger partial charge in [-0.3, -0.25) is 0 Å². The zero-order valence-corrected chi connectivity index (χ0v) is 9.59. The van der Waals surface area contributed by atoms with E-state index in [4.69, 9.17) is 16.3 Å². The standard InChI is InChI=1S/C9H19ClOS/c1-3-9(2)8-12-7-6-11-5-4-10/h9H,3-8H2,1-2H3. The number of rotatable bonds is 8. The maximum atomic E-state index is 5.46. The van der Waals surface area contributed by atoms with Crippen molar-refractivity contribution in [2.24, 2.45) is 5.92 Å². The zero-order valence-electron chi connectivity index (χ0n) is 8.01. The topological polar surface area (TPSA) is 9.23 Å². The van der Waals surface area contributed by atoms with Gasteiger partial charge in [-0.25, -0.2) is 0 Å². The predicted octanol–water partition coefficient (Wildman–Crippen LogP) is 3.02. The molecule has 0 saturated heterocycles. The fourth-order valence-electron chi connectivity index (χ4n) is 0.677. The van der Waals surface area contributed by atoms with Crippen LogP contribution in [0.5, 0.6) is 0 Å². The first-order valence-corrected chi connectivity index (χ1v) is 6.21. The van der Waals surface area contributed by atoms with Gasteiger partial charge in [-0.05, 0) is 11.7 Å². The molecule has 0 aromatic carbocycles. The van der Waals surface area contributed by atoms with Gasteiger partial charge in [0.15, 0.2) is 0 Å². The van der Waals surface area contributed by atoms with Gasteiger partial charge < -0.3 is 4.74 Å². The number of ether oxygens (including phenoxy) is 1. The summed E-state index contributed by atoms with van der Waals surface area (Å²) in [5.74, 6) is 3.79. The van der Waals surface area contributed by atoms with Crippen LogP contribution in [0.4, 0.5) is 0 Å². The second-order valence-corrected chi connectivity index (χ2v) is 4.42. The lowest BCUT2D eigenvalue weighted by atomic mass is 10.2. The lowest BCUT2D eigenvalue weighted by molar-refractivity contribution is 0.166. The van der Waals surface area contributed by atoms with Gasteiger partial charge in [0.25, 0.3) is 0 Å². The molecule has 0 fully saturated rings. The van der Waals surface area contributed by atoms with Gasteiger partial charge in [0.2, 0.25) is 0 Å². The molecule has 12 heavy (non-hydrogen) atoms. The first kappa shape index (κ1) is 12.6. The highest BCUT2D eigenvalue weighted by molar-refractivity contribution is 7.99. The van der Waals surface area contributed by atoms with Gasteiger partial charge in [-0.1, -0.05) is 20.3 Å². The monoisotopic (exact) mass is 210 g/mol. The summed E-state index contributed by atoms with van der Waals surface area (Å²) in [6, 6.07) is 0. The van der Waals surface area contributed by atoms with Crippen molar-refractivity contribution in [3.63, 3.8) is 0 Å². The fourth-order valence-corrected chi connectivity index (χ4v) is 1.83. The summed E-state index contributed by atoms with van der Waals surface area (Å²) in [5.41, 5.74) is 0. The molecule has 0 spiro atoms. The summed E-state index contributed by atoms with van der Waals surface area (Å²) in [6.45, 7) is 6.04. The van der Waals surface area contributed by atoms with Crippen molar-refractivity contribution >= 4 is 23.4 Å². The van der Waals surface area contributed by atoms with Crippen LogP contribution in [-0.2, 0) is 4.74 Å². The van der Waals surface area contributed by atoms with E-state index in [9.17, 15) is 0 Å². The maximum absolute atomic E-state index is 5.46. The first-order chi connectivity index (χ1) is 5.81. The second kappa shape index (κ2) is 9.69. The fraction of sp³-hybridized carbons (Fsp3) is 1.00. The Labute approximate surface area is 85.2 Å². The van der Waals surface area contributed by atoms with Crippen molar-refractivity contribution < 1.29 is 4.74 Å². The van der Waals surface area contributed by atoms with Crippen LogP contribution in [0.3, 0.4) is 0 Å². The third-order valence-electron chi connectivity index (χ3n) is 1.69. The Morgan fingerprint density at radius 2 is 2.17 bits per heavy atom. The van der Waals surface area contributed by atoms with Gasteiger partial charge in [-0.2, -0.15) is 11.8 Å². The highest BCUT2D eigenvalue weighted by Gasteiger charge is 1.97. The van der Waals surface area contributed by atoms with E-state index in [1.54, 1.807) is 0 Å². The van der Waals surface area contributed by atoms with Crippen LogP contribution in [0.15, 0.2) is 0 Å². The predicted molar refractivity (Wildman–Crippen MR) is 58.3 cm³/mol. The van der Waals surface area contributed by atoms with E-state index in [1.165, 1.54) is 12.2 Å². The molecule has 0 saturated carbocycles. The smallest absolute Gasteiger partial charge is 0.0602 e. The van der Waals surface area contributed by atoms with Crippen LogP contribution >= 0.6 is 23.4 Å². The van der Waals surface area contributed by atoms with E-state index in [2.05, 4.69) is 13.8 Å². The molecule has 1 unspecified atom stereocenters. The third-order valence-corrected chi connectivity index (χ3v) is 3.11. The highest BCUT2D eigenvalue weighted by Crippen LogP contribution is 2.10. The largest absolute Gasteiger partial charge is 0.379 e. The summed E-state index contributed by atoms with van der Waals surface area (Å²) < 4.78 is 5.25. The Morgan fingerprint density at radius 3 is 2.75 bits per heavy atom. The molecule has 74 valence electrons.